The first-order chi connectivity index (χ1) is 6.79. The second-order valence-corrected chi connectivity index (χ2v) is 5.50. The first-order valence-electron chi connectivity index (χ1n) is 4.53. The summed E-state index contributed by atoms with van der Waals surface area (Å²) in [6.45, 7) is 1.43. The van der Waals surface area contributed by atoms with E-state index < -0.39 is 33.7 Å². The molecule has 1 saturated heterocycles. The smallest absolute Gasteiger partial charge is 0.309 e. The maximum atomic E-state index is 11.6. The molecule has 0 aromatic heterocycles. The molecule has 0 bridgehead atoms. The lowest BCUT2D eigenvalue weighted by molar-refractivity contribution is -0.144. The highest BCUT2D eigenvalue weighted by Gasteiger charge is 2.46. The number of hydrogen-bond acceptors (Lipinski definition) is 4. The summed E-state index contributed by atoms with van der Waals surface area (Å²) in [5.74, 6) is -3.37. The Morgan fingerprint density at radius 1 is 1.60 bits per heavy atom. The zero-order valence-electron chi connectivity index (χ0n) is 8.50. The second-order valence-electron chi connectivity index (χ2n) is 3.59. The molecule has 0 radical (unpaired) electrons. The highest BCUT2D eigenvalue weighted by Crippen LogP contribution is 2.29. The van der Waals surface area contributed by atoms with Crippen molar-refractivity contribution in [2.45, 2.75) is 13.3 Å². The summed E-state index contributed by atoms with van der Waals surface area (Å²) >= 11 is 0. The Kier molecular flexibility index (Phi) is 3.03. The molecule has 6 nitrogen and oxygen atoms in total. The van der Waals surface area contributed by atoms with Crippen molar-refractivity contribution in [1.29, 1.82) is 0 Å². The minimum Gasteiger partial charge on any atom is -0.481 e. The molecule has 0 unspecified atom stereocenters. The summed E-state index contributed by atoms with van der Waals surface area (Å²) in [5, 5.41) is 8.84. The van der Waals surface area contributed by atoms with Gasteiger partial charge in [0.05, 0.1) is 24.6 Å². The first kappa shape index (κ1) is 12.0. The van der Waals surface area contributed by atoms with Gasteiger partial charge in [0.25, 0.3) is 0 Å². The van der Waals surface area contributed by atoms with Crippen LogP contribution in [0.2, 0.25) is 0 Å². The molecule has 7 heteroatoms. The van der Waals surface area contributed by atoms with Crippen molar-refractivity contribution in [2.75, 3.05) is 12.8 Å². The molecule has 0 aromatic carbocycles. The van der Waals surface area contributed by atoms with E-state index >= 15 is 0 Å². The van der Waals surface area contributed by atoms with Gasteiger partial charge in [-0.05, 0) is 6.42 Å². The Labute approximate surface area is 87.9 Å². The molecule has 1 heterocycles. The molecular formula is C8H13NO5S. The number of nitrogens with zero attached hydrogens (tertiary/aromatic N) is 1. The van der Waals surface area contributed by atoms with E-state index in [1.54, 1.807) is 6.92 Å². The number of aliphatic carboxylic acids is 1. The summed E-state index contributed by atoms with van der Waals surface area (Å²) in [6.07, 6.45) is 1.24. The van der Waals surface area contributed by atoms with Crippen molar-refractivity contribution in [1.82, 2.24) is 4.31 Å². The third kappa shape index (κ3) is 2.11. The third-order valence-electron chi connectivity index (χ3n) is 2.57. The number of amides is 1. The molecule has 1 rings (SSSR count). The number of carboxylic acids is 1. The second kappa shape index (κ2) is 3.80. The zero-order chi connectivity index (χ0) is 11.8. The minimum atomic E-state index is -3.64. The lowest BCUT2D eigenvalue weighted by Gasteiger charge is -2.12. The van der Waals surface area contributed by atoms with Crippen molar-refractivity contribution in [2.24, 2.45) is 11.8 Å². The van der Waals surface area contributed by atoms with Crippen LogP contribution < -0.4 is 0 Å². The van der Waals surface area contributed by atoms with Crippen molar-refractivity contribution in [3.63, 3.8) is 0 Å². The van der Waals surface area contributed by atoms with E-state index in [-0.39, 0.29) is 6.54 Å². The summed E-state index contributed by atoms with van der Waals surface area (Å²) in [5.41, 5.74) is 0. The van der Waals surface area contributed by atoms with Crippen molar-refractivity contribution in [3.8, 4) is 0 Å². The fourth-order valence-corrected chi connectivity index (χ4v) is 2.65. The van der Waals surface area contributed by atoms with E-state index in [9.17, 15) is 18.0 Å². The van der Waals surface area contributed by atoms with Crippen LogP contribution in [0.4, 0.5) is 0 Å². The molecule has 0 spiro atoms. The number of carboxylic acid groups (broad SMARTS) is 1. The molecule has 1 aliphatic heterocycles. The summed E-state index contributed by atoms with van der Waals surface area (Å²) in [7, 11) is -3.64. The standard InChI is InChI=1S/C8H13NO5S/c1-3-5-6(8(11)12)4-9(7(5)10)15(2,13)14/h5-6H,3-4H2,1-2H3,(H,11,12)/t5-,6+/m1/s1. The largest absolute Gasteiger partial charge is 0.481 e. The van der Waals surface area contributed by atoms with Crippen molar-refractivity contribution >= 4 is 21.9 Å². The molecule has 15 heavy (non-hydrogen) atoms. The van der Waals surface area contributed by atoms with E-state index in [4.69, 9.17) is 5.11 Å². The lowest BCUT2D eigenvalue weighted by Crippen LogP contribution is -2.32. The predicted molar refractivity (Wildman–Crippen MR) is 51.5 cm³/mol. The number of hydrogen-bond donors (Lipinski definition) is 1. The van der Waals surface area contributed by atoms with Gasteiger partial charge in [0.15, 0.2) is 0 Å². The van der Waals surface area contributed by atoms with Gasteiger partial charge < -0.3 is 5.11 Å². The Balaban J connectivity index is 3.03. The maximum Gasteiger partial charge on any atom is 0.309 e. The SMILES string of the molecule is CC[C@H]1C(=O)N(S(C)(=O)=O)C[C@@H]1C(=O)O. The van der Waals surface area contributed by atoms with Crippen LogP contribution >= 0.6 is 0 Å². The molecule has 1 fully saturated rings. The van der Waals surface area contributed by atoms with Crippen LogP contribution in [0.1, 0.15) is 13.3 Å². The van der Waals surface area contributed by atoms with E-state index in [0.717, 1.165) is 6.26 Å². The van der Waals surface area contributed by atoms with E-state index in [0.29, 0.717) is 10.7 Å². The van der Waals surface area contributed by atoms with E-state index in [1.165, 1.54) is 0 Å². The molecule has 0 aliphatic carbocycles. The molecule has 2 atom stereocenters. The third-order valence-corrected chi connectivity index (χ3v) is 3.70. The highest BCUT2D eigenvalue weighted by atomic mass is 32.2. The van der Waals surface area contributed by atoms with Crippen molar-refractivity contribution < 1.29 is 23.1 Å². The van der Waals surface area contributed by atoms with Crippen LogP contribution in [-0.4, -0.2) is 42.5 Å². The quantitative estimate of drug-likeness (QED) is 0.713. The van der Waals surface area contributed by atoms with Crippen LogP contribution in [0, 0.1) is 11.8 Å². The predicted octanol–water partition coefficient (Wildman–Crippen LogP) is -0.485. The number of carbonyl (C=O) groups excluding carboxylic acids is 1. The van der Waals surface area contributed by atoms with Gasteiger partial charge in [-0.1, -0.05) is 6.92 Å². The van der Waals surface area contributed by atoms with Gasteiger partial charge in [0, 0.05) is 0 Å². The molecule has 1 amide bonds. The normalized spacial score (nSPS) is 27.1. The summed E-state index contributed by atoms with van der Waals surface area (Å²) in [6, 6.07) is 0. The Morgan fingerprint density at radius 2 is 2.13 bits per heavy atom. The zero-order valence-corrected chi connectivity index (χ0v) is 9.32. The van der Waals surface area contributed by atoms with E-state index in [1.807, 2.05) is 0 Å². The summed E-state index contributed by atoms with van der Waals surface area (Å²) < 4.78 is 23.0. The van der Waals surface area contributed by atoms with E-state index in [2.05, 4.69) is 0 Å². The van der Waals surface area contributed by atoms with Crippen LogP contribution in [0.3, 0.4) is 0 Å². The van der Waals surface area contributed by atoms with Crippen LogP contribution in [0.5, 0.6) is 0 Å². The molecular weight excluding hydrogens is 222 g/mol. The van der Waals surface area contributed by atoms with Gasteiger partial charge in [-0.15, -0.1) is 0 Å². The lowest BCUT2D eigenvalue weighted by atomic mass is 9.93. The van der Waals surface area contributed by atoms with Gasteiger partial charge in [0.1, 0.15) is 0 Å². The van der Waals surface area contributed by atoms with Gasteiger partial charge >= 0.3 is 5.97 Å². The monoisotopic (exact) mass is 235 g/mol. The fourth-order valence-electron chi connectivity index (χ4n) is 1.76. The average molecular weight is 235 g/mol. The van der Waals surface area contributed by atoms with Crippen LogP contribution in [0.25, 0.3) is 0 Å². The van der Waals surface area contributed by atoms with Gasteiger partial charge in [-0.2, -0.15) is 0 Å². The Bertz CT molecular complexity index is 388. The Hall–Kier alpha value is -1.11. The Morgan fingerprint density at radius 3 is 2.40 bits per heavy atom. The van der Waals surface area contributed by atoms with Gasteiger partial charge in [0.2, 0.25) is 15.9 Å². The average Bonchev–Trinajstić information content (AvgIpc) is 2.41. The molecule has 0 aromatic rings. The molecule has 1 aliphatic rings. The molecule has 1 N–H and O–H groups in total. The topological polar surface area (TPSA) is 91.8 Å². The fraction of sp³-hybridized carbons (Fsp3) is 0.750. The van der Waals surface area contributed by atoms with Crippen molar-refractivity contribution in [3.05, 3.63) is 0 Å². The summed E-state index contributed by atoms with van der Waals surface area (Å²) in [4.78, 5) is 22.4. The number of rotatable bonds is 3. The van der Waals surface area contributed by atoms with Gasteiger partial charge in [-0.25, -0.2) is 12.7 Å². The number of carbonyl (C=O) groups is 2. The number of sulfonamides is 1. The minimum absolute atomic E-state index is 0.245. The van der Waals surface area contributed by atoms with Crippen LogP contribution in [-0.2, 0) is 19.6 Å². The molecule has 0 saturated carbocycles. The maximum absolute atomic E-state index is 11.6. The van der Waals surface area contributed by atoms with Gasteiger partial charge in [-0.3, -0.25) is 9.59 Å². The van der Waals surface area contributed by atoms with Crippen LogP contribution in [0.15, 0.2) is 0 Å². The highest BCUT2D eigenvalue weighted by molar-refractivity contribution is 7.88. The first-order valence-corrected chi connectivity index (χ1v) is 6.38. The molecule has 86 valence electrons.